The molecule has 0 spiro atoms. The van der Waals surface area contributed by atoms with Crippen LogP contribution in [0.15, 0.2) is 24.3 Å². The number of piperidine rings is 1. The van der Waals surface area contributed by atoms with Gasteiger partial charge in [-0.1, -0.05) is 18.2 Å². The third-order valence-electron chi connectivity index (χ3n) is 4.54. The zero-order chi connectivity index (χ0) is 16.7. The second-order valence-corrected chi connectivity index (χ2v) is 7.15. The van der Waals surface area contributed by atoms with Crippen LogP contribution in [0.2, 0.25) is 0 Å². The standard InChI is InChI=1S/C19H30N2O2.ClH/c1-19(2,14-16-6-4-5-7-17(16)23-3)21-18(22)9-8-15-10-12-20-13-11-15;/h4-7,15,20H,8-14H2,1-3H3,(H,21,22);1H. The third kappa shape index (κ3) is 6.70. The number of rotatable bonds is 7. The van der Waals surface area contributed by atoms with Crippen LogP contribution < -0.4 is 15.4 Å². The van der Waals surface area contributed by atoms with Crippen LogP contribution in [0.1, 0.15) is 45.1 Å². The molecule has 4 nitrogen and oxygen atoms in total. The van der Waals surface area contributed by atoms with Crippen molar-refractivity contribution in [1.29, 1.82) is 0 Å². The van der Waals surface area contributed by atoms with Gasteiger partial charge in [0.2, 0.25) is 5.91 Å². The lowest BCUT2D eigenvalue weighted by molar-refractivity contribution is -0.123. The molecule has 0 saturated carbocycles. The van der Waals surface area contributed by atoms with Crippen molar-refractivity contribution in [3.05, 3.63) is 29.8 Å². The fraction of sp³-hybridized carbons (Fsp3) is 0.632. The monoisotopic (exact) mass is 354 g/mol. The summed E-state index contributed by atoms with van der Waals surface area (Å²) in [5.74, 6) is 1.73. The first-order valence-corrected chi connectivity index (χ1v) is 8.64. The second-order valence-electron chi connectivity index (χ2n) is 7.15. The molecule has 1 aromatic rings. The van der Waals surface area contributed by atoms with Crippen LogP contribution in [-0.2, 0) is 11.2 Å². The first-order valence-electron chi connectivity index (χ1n) is 8.64. The number of benzene rings is 1. The molecule has 1 amide bonds. The van der Waals surface area contributed by atoms with Crippen LogP contribution in [0.5, 0.6) is 5.75 Å². The van der Waals surface area contributed by atoms with E-state index in [-0.39, 0.29) is 23.9 Å². The molecule has 0 atom stereocenters. The van der Waals surface area contributed by atoms with E-state index in [0.717, 1.165) is 37.2 Å². The average Bonchev–Trinajstić information content (AvgIpc) is 2.53. The van der Waals surface area contributed by atoms with E-state index < -0.39 is 0 Å². The molecule has 0 aromatic heterocycles. The number of carbonyl (C=O) groups is 1. The van der Waals surface area contributed by atoms with Crippen LogP contribution in [-0.4, -0.2) is 31.6 Å². The summed E-state index contributed by atoms with van der Waals surface area (Å²) in [5.41, 5.74) is 0.846. The highest BCUT2D eigenvalue weighted by Crippen LogP contribution is 2.23. The van der Waals surface area contributed by atoms with E-state index in [1.54, 1.807) is 7.11 Å². The van der Waals surface area contributed by atoms with E-state index in [4.69, 9.17) is 4.74 Å². The summed E-state index contributed by atoms with van der Waals surface area (Å²) < 4.78 is 5.40. The average molecular weight is 355 g/mol. The fourth-order valence-electron chi connectivity index (χ4n) is 3.31. The van der Waals surface area contributed by atoms with Gasteiger partial charge in [-0.25, -0.2) is 0 Å². The van der Waals surface area contributed by atoms with Crippen molar-refractivity contribution in [3.63, 3.8) is 0 Å². The van der Waals surface area contributed by atoms with Crippen LogP contribution in [0.25, 0.3) is 0 Å². The van der Waals surface area contributed by atoms with E-state index in [9.17, 15) is 4.79 Å². The number of amides is 1. The minimum Gasteiger partial charge on any atom is -0.496 e. The molecule has 136 valence electrons. The van der Waals surface area contributed by atoms with Gasteiger partial charge in [0.1, 0.15) is 5.75 Å². The van der Waals surface area contributed by atoms with Crippen molar-refractivity contribution in [2.45, 2.75) is 51.5 Å². The normalized spacial score (nSPS) is 15.5. The highest BCUT2D eigenvalue weighted by Gasteiger charge is 2.23. The Kier molecular flexibility index (Phi) is 8.57. The molecular weight excluding hydrogens is 324 g/mol. The van der Waals surface area contributed by atoms with Crippen molar-refractivity contribution in [1.82, 2.24) is 10.6 Å². The maximum atomic E-state index is 12.3. The lowest BCUT2D eigenvalue weighted by Gasteiger charge is -2.28. The van der Waals surface area contributed by atoms with Crippen LogP contribution in [0.3, 0.4) is 0 Å². The van der Waals surface area contributed by atoms with Crippen LogP contribution in [0, 0.1) is 5.92 Å². The van der Waals surface area contributed by atoms with E-state index in [1.165, 1.54) is 12.8 Å². The minimum atomic E-state index is -0.278. The molecule has 1 saturated heterocycles. The summed E-state index contributed by atoms with van der Waals surface area (Å²) in [6.45, 7) is 6.32. The summed E-state index contributed by atoms with van der Waals surface area (Å²) in [7, 11) is 1.68. The highest BCUT2D eigenvalue weighted by atomic mass is 35.5. The summed E-state index contributed by atoms with van der Waals surface area (Å²) in [4.78, 5) is 12.3. The fourth-order valence-corrected chi connectivity index (χ4v) is 3.31. The maximum Gasteiger partial charge on any atom is 0.220 e. The Balaban J connectivity index is 0.00000288. The molecule has 5 heteroatoms. The van der Waals surface area contributed by atoms with Crippen molar-refractivity contribution < 1.29 is 9.53 Å². The molecule has 1 heterocycles. The van der Waals surface area contributed by atoms with Gasteiger partial charge in [-0.2, -0.15) is 0 Å². The van der Waals surface area contributed by atoms with Gasteiger partial charge in [-0.05, 0) is 70.2 Å². The Morgan fingerprint density at radius 1 is 1.29 bits per heavy atom. The molecular formula is C19H31ClN2O2. The third-order valence-corrected chi connectivity index (χ3v) is 4.54. The predicted molar refractivity (Wildman–Crippen MR) is 101 cm³/mol. The molecule has 1 aromatic carbocycles. The molecule has 1 aliphatic rings. The number of para-hydroxylation sites is 1. The lowest BCUT2D eigenvalue weighted by Crippen LogP contribution is -2.45. The number of methoxy groups -OCH3 is 1. The molecule has 0 bridgehead atoms. The zero-order valence-corrected chi connectivity index (χ0v) is 15.9. The van der Waals surface area contributed by atoms with Gasteiger partial charge in [0, 0.05) is 12.0 Å². The van der Waals surface area contributed by atoms with Crippen LogP contribution >= 0.6 is 12.4 Å². The summed E-state index contributed by atoms with van der Waals surface area (Å²) in [5, 5.41) is 6.55. The number of hydrogen-bond acceptors (Lipinski definition) is 3. The van der Waals surface area contributed by atoms with Crippen molar-refractivity contribution in [3.8, 4) is 5.75 Å². The number of nitrogens with one attached hydrogen (secondary N) is 2. The Bertz CT molecular complexity index is 514. The van der Waals surface area contributed by atoms with Gasteiger partial charge in [-0.15, -0.1) is 12.4 Å². The molecule has 0 unspecified atom stereocenters. The molecule has 2 N–H and O–H groups in total. The zero-order valence-electron chi connectivity index (χ0n) is 15.1. The Morgan fingerprint density at radius 3 is 2.62 bits per heavy atom. The van der Waals surface area contributed by atoms with Gasteiger partial charge in [0.05, 0.1) is 7.11 Å². The van der Waals surface area contributed by atoms with E-state index in [0.29, 0.717) is 12.3 Å². The molecule has 1 fully saturated rings. The van der Waals surface area contributed by atoms with E-state index in [1.807, 2.05) is 18.2 Å². The smallest absolute Gasteiger partial charge is 0.220 e. The lowest BCUT2D eigenvalue weighted by atomic mass is 9.91. The first-order chi connectivity index (χ1) is 11.0. The summed E-state index contributed by atoms with van der Waals surface area (Å²) in [6.07, 6.45) is 4.77. The largest absolute Gasteiger partial charge is 0.496 e. The van der Waals surface area contributed by atoms with Gasteiger partial charge in [0.25, 0.3) is 0 Å². The highest BCUT2D eigenvalue weighted by molar-refractivity contribution is 5.85. The number of hydrogen-bond donors (Lipinski definition) is 2. The van der Waals surface area contributed by atoms with Gasteiger partial charge >= 0.3 is 0 Å². The summed E-state index contributed by atoms with van der Waals surface area (Å²) >= 11 is 0. The molecule has 24 heavy (non-hydrogen) atoms. The SMILES string of the molecule is COc1ccccc1CC(C)(C)NC(=O)CCC1CCNCC1.Cl. The van der Waals surface area contributed by atoms with E-state index in [2.05, 4.69) is 30.5 Å². The van der Waals surface area contributed by atoms with Gasteiger partial charge in [-0.3, -0.25) is 4.79 Å². The summed E-state index contributed by atoms with van der Waals surface area (Å²) in [6, 6.07) is 7.99. The predicted octanol–water partition coefficient (Wildman–Crippen LogP) is 3.33. The first kappa shape index (κ1) is 20.8. The van der Waals surface area contributed by atoms with Crippen molar-refractivity contribution >= 4 is 18.3 Å². The second kappa shape index (κ2) is 9.90. The van der Waals surface area contributed by atoms with Crippen molar-refractivity contribution in [2.75, 3.05) is 20.2 Å². The van der Waals surface area contributed by atoms with Crippen LogP contribution in [0.4, 0.5) is 0 Å². The molecule has 0 radical (unpaired) electrons. The Labute approximate surface area is 152 Å². The Hall–Kier alpha value is -1.26. The Morgan fingerprint density at radius 2 is 1.96 bits per heavy atom. The van der Waals surface area contributed by atoms with Gasteiger partial charge in [0.15, 0.2) is 0 Å². The van der Waals surface area contributed by atoms with Gasteiger partial charge < -0.3 is 15.4 Å². The molecule has 2 rings (SSSR count). The quantitative estimate of drug-likeness (QED) is 0.789. The maximum absolute atomic E-state index is 12.3. The number of carbonyl (C=O) groups excluding carboxylic acids is 1. The molecule has 0 aliphatic carbocycles. The van der Waals surface area contributed by atoms with Crippen molar-refractivity contribution in [2.24, 2.45) is 5.92 Å². The number of halogens is 1. The van der Waals surface area contributed by atoms with E-state index >= 15 is 0 Å². The molecule has 1 aliphatic heterocycles. The topological polar surface area (TPSA) is 50.4 Å². The number of ether oxygens (including phenoxy) is 1. The minimum absolute atomic E-state index is 0.